The minimum atomic E-state index is -3.41. The van der Waals surface area contributed by atoms with Gasteiger partial charge in [0.15, 0.2) is 8.68 Å². The fourth-order valence-electron chi connectivity index (χ4n) is 1.19. The van der Waals surface area contributed by atoms with Crippen molar-refractivity contribution in [3.8, 4) is 0 Å². The van der Waals surface area contributed by atoms with Crippen LogP contribution in [-0.4, -0.2) is 19.9 Å². The maximum absolute atomic E-state index is 11.7. The van der Waals surface area contributed by atoms with Gasteiger partial charge in [-0.1, -0.05) is 49.1 Å². The van der Waals surface area contributed by atoms with Gasteiger partial charge in [-0.25, -0.2) is 18.1 Å². The van der Waals surface area contributed by atoms with Crippen molar-refractivity contribution < 1.29 is 8.42 Å². The number of sulfonamides is 1. The van der Waals surface area contributed by atoms with E-state index in [-0.39, 0.29) is 8.68 Å². The summed E-state index contributed by atoms with van der Waals surface area (Å²) < 4.78 is 26.3. The Morgan fingerprint density at radius 3 is 2.75 bits per heavy atom. The van der Waals surface area contributed by atoms with E-state index >= 15 is 0 Å². The predicted octanol–water partition coefficient (Wildman–Crippen LogP) is 2.66. The average molecular weight is 283 g/mol. The largest absolute Gasteiger partial charge is 0.251 e. The second kappa shape index (κ2) is 6.54. The molecule has 16 heavy (non-hydrogen) atoms. The number of nitrogens with zero attached hydrogens (tertiary/aromatic N) is 1. The summed E-state index contributed by atoms with van der Waals surface area (Å²) in [5.41, 5.74) is 0. The zero-order valence-corrected chi connectivity index (χ0v) is 11.5. The quantitative estimate of drug-likeness (QED) is 0.782. The summed E-state index contributed by atoms with van der Waals surface area (Å²) in [5.74, 6) is 0. The second-order valence-electron chi connectivity index (χ2n) is 3.39. The van der Waals surface area contributed by atoms with Crippen LogP contribution in [0.5, 0.6) is 0 Å². The van der Waals surface area contributed by atoms with Gasteiger partial charge in [0.05, 0.1) is 6.20 Å². The summed E-state index contributed by atoms with van der Waals surface area (Å²) in [6.07, 6.45) is 5.45. The van der Waals surface area contributed by atoms with E-state index in [0.717, 1.165) is 37.0 Å². The molecule has 1 aromatic rings. The van der Waals surface area contributed by atoms with Gasteiger partial charge in [-0.05, 0) is 6.42 Å². The van der Waals surface area contributed by atoms with Crippen LogP contribution in [0.1, 0.15) is 32.6 Å². The number of unbranched alkanes of at least 4 members (excludes halogenated alkanes) is 3. The standard InChI is InChI=1S/C9H15ClN2O2S2/c1-2-3-4-5-6-12-16(13,14)8-7-11-9(10)15-8/h7,12H,2-6H2,1H3. The Balaban J connectivity index is 2.41. The molecule has 92 valence electrons. The Labute approximate surface area is 105 Å². The van der Waals surface area contributed by atoms with Crippen LogP contribution >= 0.6 is 22.9 Å². The number of nitrogens with one attached hydrogen (secondary N) is 1. The van der Waals surface area contributed by atoms with E-state index in [2.05, 4.69) is 16.6 Å². The van der Waals surface area contributed by atoms with Crippen LogP contribution in [0.3, 0.4) is 0 Å². The van der Waals surface area contributed by atoms with Gasteiger partial charge in [-0.3, -0.25) is 0 Å². The normalized spacial score (nSPS) is 11.9. The molecule has 4 nitrogen and oxygen atoms in total. The third-order valence-electron chi connectivity index (χ3n) is 2.04. The molecule has 0 amide bonds. The first kappa shape index (κ1) is 13.9. The fraction of sp³-hybridized carbons (Fsp3) is 0.667. The van der Waals surface area contributed by atoms with Gasteiger partial charge < -0.3 is 0 Å². The number of halogens is 1. The van der Waals surface area contributed by atoms with E-state index in [1.165, 1.54) is 6.20 Å². The van der Waals surface area contributed by atoms with Crippen molar-refractivity contribution in [1.29, 1.82) is 0 Å². The molecule has 1 heterocycles. The molecule has 0 aliphatic rings. The molecule has 0 spiro atoms. The maximum Gasteiger partial charge on any atom is 0.251 e. The lowest BCUT2D eigenvalue weighted by Gasteiger charge is -2.03. The Kier molecular flexibility index (Phi) is 5.68. The molecule has 0 saturated carbocycles. The fourth-order valence-corrected chi connectivity index (χ4v) is 3.60. The number of aromatic nitrogens is 1. The van der Waals surface area contributed by atoms with Crippen molar-refractivity contribution in [2.45, 2.75) is 36.8 Å². The zero-order valence-electron chi connectivity index (χ0n) is 9.07. The number of rotatable bonds is 7. The van der Waals surface area contributed by atoms with Crippen LogP contribution in [0, 0.1) is 0 Å². The highest BCUT2D eigenvalue weighted by Crippen LogP contribution is 2.21. The van der Waals surface area contributed by atoms with E-state index in [1.807, 2.05) is 0 Å². The van der Waals surface area contributed by atoms with E-state index in [1.54, 1.807) is 0 Å². The topological polar surface area (TPSA) is 59.1 Å². The van der Waals surface area contributed by atoms with Crippen LogP contribution in [0.25, 0.3) is 0 Å². The van der Waals surface area contributed by atoms with Crippen molar-refractivity contribution in [2.75, 3.05) is 6.54 Å². The molecule has 0 bridgehead atoms. The van der Waals surface area contributed by atoms with Crippen molar-refractivity contribution in [3.05, 3.63) is 10.7 Å². The summed E-state index contributed by atoms with van der Waals surface area (Å²) in [4.78, 5) is 3.71. The van der Waals surface area contributed by atoms with Crippen molar-refractivity contribution in [2.24, 2.45) is 0 Å². The molecule has 1 N–H and O–H groups in total. The summed E-state index contributed by atoms with van der Waals surface area (Å²) in [7, 11) is -3.41. The van der Waals surface area contributed by atoms with Crippen LogP contribution in [0.4, 0.5) is 0 Å². The minimum Gasteiger partial charge on any atom is -0.232 e. The van der Waals surface area contributed by atoms with Gasteiger partial charge in [-0.15, -0.1) is 0 Å². The summed E-state index contributed by atoms with van der Waals surface area (Å²) in [6.45, 7) is 2.58. The average Bonchev–Trinajstić information content (AvgIpc) is 2.65. The highest BCUT2D eigenvalue weighted by Gasteiger charge is 2.16. The first-order chi connectivity index (χ1) is 7.56. The van der Waals surface area contributed by atoms with Crippen LogP contribution in [0.15, 0.2) is 10.4 Å². The first-order valence-electron chi connectivity index (χ1n) is 5.17. The lowest BCUT2D eigenvalue weighted by molar-refractivity contribution is 0.575. The molecule has 0 aromatic carbocycles. The Morgan fingerprint density at radius 2 is 2.19 bits per heavy atom. The van der Waals surface area contributed by atoms with Crippen molar-refractivity contribution in [1.82, 2.24) is 9.71 Å². The van der Waals surface area contributed by atoms with Crippen LogP contribution in [0.2, 0.25) is 4.47 Å². The Bertz CT molecular complexity index is 417. The SMILES string of the molecule is CCCCCCNS(=O)(=O)c1cnc(Cl)s1. The third-order valence-corrected chi connectivity index (χ3v) is 5.08. The number of hydrogen-bond acceptors (Lipinski definition) is 4. The third kappa shape index (κ3) is 4.37. The molecular formula is C9H15ClN2O2S2. The minimum absolute atomic E-state index is 0.174. The van der Waals surface area contributed by atoms with E-state index < -0.39 is 10.0 Å². The molecule has 0 saturated heterocycles. The van der Waals surface area contributed by atoms with Crippen molar-refractivity contribution in [3.63, 3.8) is 0 Å². The summed E-state index contributed by atoms with van der Waals surface area (Å²) in [6, 6.07) is 0. The van der Waals surface area contributed by atoms with E-state index in [0.29, 0.717) is 6.54 Å². The number of hydrogen-bond donors (Lipinski definition) is 1. The molecule has 1 rings (SSSR count). The molecular weight excluding hydrogens is 268 g/mol. The lowest BCUT2D eigenvalue weighted by Crippen LogP contribution is -2.23. The van der Waals surface area contributed by atoms with Crippen molar-refractivity contribution >= 4 is 33.0 Å². The van der Waals surface area contributed by atoms with Crippen LogP contribution < -0.4 is 4.72 Å². The molecule has 0 unspecified atom stereocenters. The number of thiazole rings is 1. The Morgan fingerprint density at radius 1 is 1.44 bits per heavy atom. The van der Waals surface area contributed by atoms with Gasteiger partial charge >= 0.3 is 0 Å². The monoisotopic (exact) mass is 282 g/mol. The summed E-state index contributed by atoms with van der Waals surface area (Å²) >= 11 is 6.55. The highest BCUT2D eigenvalue weighted by atomic mass is 35.5. The van der Waals surface area contributed by atoms with E-state index in [4.69, 9.17) is 11.6 Å². The molecule has 0 radical (unpaired) electrons. The molecule has 0 aliphatic carbocycles. The molecule has 0 atom stereocenters. The van der Waals surface area contributed by atoms with Crippen LogP contribution in [-0.2, 0) is 10.0 Å². The molecule has 0 aliphatic heterocycles. The van der Waals surface area contributed by atoms with Gasteiger partial charge in [0.1, 0.15) is 0 Å². The Hall–Kier alpha value is -0.170. The molecule has 1 aromatic heterocycles. The van der Waals surface area contributed by atoms with Gasteiger partial charge in [0.2, 0.25) is 0 Å². The first-order valence-corrected chi connectivity index (χ1v) is 7.85. The molecule has 7 heteroatoms. The highest BCUT2D eigenvalue weighted by molar-refractivity contribution is 7.91. The maximum atomic E-state index is 11.7. The van der Waals surface area contributed by atoms with E-state index in [9.17, 15) is 8.42 Å². The van der Waals surface area contributed by atoms with Gasteiger partial charge in [0.25, 0.3) is 10.0 Å². The van der Waals surface area contributed by atoms with Gasteiger partial charge in [-0.2, -0.15) is 0 Å². The predicted molar refractivity (Wildman–Crippen MR) is 66.5 cm³/mol. The summed E-state index contributed by atoms with van der Waals surface area (Å²) in [5, 5.41) is 0. The zero-order chi connectivity index (χ0) is 12.0. The smallest absolute Gasteiger partial charge is 0.232 e. The lowest BCUT2D eigenvalue weighted by atomic mass is 10.2. The second-order valence-corrected chi connectivity index (χ2v) is 7.00. The van der Waals surface area contributed by atoms with Gasteiger partial charge in [0, 0.05) is 6.54 Å². The molecule has 0 fully saturated rings.